The molecule has 4 rings (SSSR count). The van der Waals surface area contributed by atoms with Crippen molar-refractivity contribution in [2.45, 2.75) is 24.8 Å². The molecule has 0 amide bonds. The molecule has 1 saturated heterocycles. The van der Waals surface area contributed by atoms with Gasteiger partial charge in [0, 0.05) is 22.3 Å². The lowest BCUT2D eigenvalue weighted by atomic mass is 9.97. The van der Waals surface area contributed by atoms with E-state index in [0.717, 1.165) is 5.69 Å². The van der Waals surface area contributed by atoms with Gasteiger partial charge in [-0.3, -0.25) is 4.98 Å². The van der Waals surface area contributed by atoms with E-state index in [0.29, 0.717) is 16.6 Å². The van der Waals surface area contributed by atoms with Crippen LogP contribution in [0.4, 0.5) is 23.2 Å². The smallest absolute Gasteiger partial charge is 0.422 e. The summed E-state index contributed by atoms with van der Waals surface area (Å²) in [6.07, 6.45) is -6.25. The second-order valence-electron chi connectivity index (χ2n) is 7.05. The summed E-state index contributed by atoms with van der Waals surface area (Å²) in [7, 11) is 1.19. The van der Waals surface area contributed by atoms with Crippen molar-refractivity contribution in [3.63, 3.8) is 0 Å². The summed E-state index contributed by atoms with van der Waals surface area (Å²) in [5.74, 6) is -1.28. The van der Waals surface area contributed by atoms with Crippen molar-refractivity contribution in [1.29, 1.82) is 0 Å². The fraction of sp³-hybridized carbons (Fsp3) is 0.286. The maximum atomic E-state index is 14.7. The molecule has 2 aromatic carbocycles. The maximum absolute atomic E-state index is 14.7. The topological polar surface area (TPSA) is 46.7 Å². The van der Waals surface area contributed by atoms with E-state index in [2.05, 4.69) is 10.3 Å². The van der Waals surface area contributed by atoms with E-state index < -0.39 is 30.2 Å². The quantitative estimate of drug-likeness (QED) is 0.400. The van der Waals surface area contributed by atoms with Crippen molar-refractivity contribution in [3.05, 3.63) is 64.6 Å². The number of benzene rings is 2. The number of epoxide rings is 1. The summed E-state index contributed by atoms with van der Waals surface area (Å²) in [5, 5.41) is 3.45. The van der Waals surface area contributed by atoms with Crippen LogP contribution in [0, 0.1) is 12.7 Å². The van der Waals surface area contributed by atoms with Gasteiger partial charge in [0.1, 0.15) is 6.10 Å². The number of nitrogens with zero attached hydrogens (tertiary/aromatic N) is 1. The van der Waals surface area contributed by atoms with Gasteiger partial charge in [0.05, 0.1) is 24.2 Å². The predicted molar refractivity (Wildman–Crippen MR) is 106 cm³/mol. The molecule has 158 valence electrons. The van der Waals surface area contributed by atoms with Gasteiger partial charge in [-0.25, -0.2) is 4.39 Å². The first-order chi connectivity index (χ1) is 14.2. The molecule has 1 aliphatic rings. The van der Waals surface area contributed by atoms with Gasteiger partial charge in [-0.15, -0.1) is 0 Å². The Balaban J connectivity index is 1.65. The Morgan fingerprint density at radius 3 is 2.67 bits per heavy atom. The van der Waals surface area contributed by atoms with Crippen LogP contribution in [0.2, 0.25) is 5.02 Å². The zero-order valence-corrected chi connectivity index (χ0v) is 16.7. The number of ether oxygens (including phenoxy) is 2. The summed E-state index contributed by atoms with van der Waals surface area (Å²) >= 11 is 5.85. The molecular formula is C21H17ClF4N2O2. The SMILES string of the molecule is COc1c(Cl)ccc(C2OC2(CNc2cccc3nc(C)ccc23)C(F)(F)F)c1F. The standard InChI is InChI=1S/C21H17ClF4N2O2/c1-11-6-7-12-15(4-3-5-16(12)28-11)27-10-20(21(24,25)26)19(30-20)13-8-9-14(22)18(29-2)17(13)23/h3-9,19,27H,10H2,1-2H3. The van der Waals surface area contributed by atoms with Gasteiger partial charge in [0.25, 0.3) is 0 Å². The van der Waals surface area contributed by atoms with Gasteiger partial charge >= 0.3 is 6.18 Å². The molecular weight excluding hydrogens is 424 g/mol. The molecule has 0 aliphatic carbocycles. The largest absolute Gasteiger partial charge is 0.492 e. The number of halogens is 5. The first-order valence-electron chi connectivity index (χ1n) is 9.04. The molecule has 1 aliphatic heterocycles. The van der Waals surface area contributed by atoms with Crippen molar-refractivity contribution in [2.75, 3.05) is 19.0 Å². The highest BCUT2D eigenvalue weighted by molar-refractivity contribution is 6.32. The van der Waals surface area contributed by atoms with Crippen LogP contribution in [0.1, 0.15) is 17.4 Å². The van der Waals surface area contributed by atoms with Crippen molar-refractivity contribution in [3.8, 4) is 5.75 Å². The van der Waals surface area contributed by atoms with Gasteiger partial charge in [-0.2, -0.15) is 13.2 Å². The van der Waals surface area contributed by atoms with E-state index in [4.69, 9.17) is 21.1 Å². The Bertz CT molecular complexity index is 1120. The normalized spacial score (nSPS) is 21.0. The number of nitrogens with one attached hydrogen (secondary N) is 1. The van der Waals surface area contributed by atoms with E-state index >= 15 is 0 Å². The average molecular weight is 441 g/mol. The molecule has 1 N–H and O–H groups in total. The second kappa shape index (κ2) is 7.28. The molecule has 0 spiro atoms. The molecule has 2 unspecified atom stereocenters. The van der Waals surface area contributed by atoms with Crippen molar-refractivity contribution in [2.24, 2.45) is 0 Å². The van der Waals surface area contributed by atoms with Crippen LogP contribution >= 0.6 is 11.6 Å². The Labute approximate surface area is 174 Å². The number of fused-ring (bicyclic) bond motifs is 1. The van der Waals surface area contributed by atoms with Crippen molar-refractivity contribution >= 4 is 28.2 Å². The molecule has 0 saturated carbocycles. The molecule has 9 heteroatoms. The zero-order chi connectivity index (χ0) is 21.7. The monoisotopic (exact) mass is 440 g/mol. The minimum absolute atomic E-state index is 0.0336. The highest BCUT2D eigenvalue weighted by Gasteiger charge is 2.74. The van der Waals surface area contributed by atoms with E-state index in [1.807, 2.05) is 6.92 Å². The average Bonchev–Trinajstić information content (AvgIpc) is 3.42. The van der Waals surface area contributed by atoms with Crippen LogP contribution in [-0.4, -0.2) is 30.4 Å². The Morgan fingerprint density at radius 1 is 1.20 bits per heavy atom. The molecule has 2 atom stereocenters. The highest BCUT2D eigenvalue weighted by atomic mass is 35.5. The van der Waals surface area contributed by atoms with Crippen molar-refractivity contribution < 1.29 is 27.0 Å². The second-order valence-corrected chi connectivity index (χ2v) is 7.45. The number of aryl methyl sites for hydroxylation is 1. The summed E-state index contributed by atoms with van der Waals surface area (Å²) in [4.78, 5) is 4.38. The van der Waals surface area contributed by atoms with E-state index in [1.54, 1.807) is 30.3 Å². The zero-order valence-electron chi connectivity index (χ0n) is 16.0. The number of pyridine rings is 1. The minimum atomic E-state index is -4.73. The first-order valence-corrected chi connectivity index (χ1v) is 9.42. The third-order valence-corrected chi connectivity index (χ3v) is 5.45. The number of hydrogen-bond donors (Lipinski definition) is 1. The van der Waals surface area contributed by atoms with Gasteiger partial charge in [0.2, 0.25) is 5.60 Å². The lowest BCUT2D eigenvalue weighted by Gasteiger charge is -2.19. The lowest BCUT2D eigenvalue weighted by molar-refractivity contribution is -0.180. The number of alkyl halides is 3. The highest BCUT2D eigenvalue weighted by Crippen LogP contribution is 2.59. The third-order valence-electron chi connectivity index (χ3n) is 5.15. The third kappa shape index (κ3) is 3.33. The molecule has 1 aromatic heterocycles. The number of anilines is 1. The first kappa shape index (κ1) is 20.7. The summed E-state index contributed by atoms with van der Waals surface area (Å²) < 4.78 is 66.4. The molecule has 4 nitrogen and oxygen atoms in total. The Morgan fingerprint density at radius 2 is 1.97 bits per heavy atom. The summed E-state index contributed by atoms with van der Waals surface area (Å²) in [6, 6.07) is 11.2. The van der Waals surface area contributed by atoms with E-state index in [1.165, 1.54) is 19.2 Å². The van der Waals surface area contributed by atoms with Crippen molar-refractivity contribution in [1.82, 2.24) is 4.98 Å². The molecule has 30 heavy (non-hydrogen) atoms. The number of hydrogen-bond acceptors (Lipinski definition) is 4. The summed E-state index contributed by atoms with van der Waals surface area (Å²) in [5.41, 5.74) is -0.906. The maximum Gasteiger partial charge on any atom is 0.422 e. The van der Waals surface area contributed by atoms with Crippen LogP contribution < -0.4 is 10.1 Å². The van der Waals surface area contributed by atoms with Crippen LogP contribution in [0.5, 0.6) is 5.75 Å². The number of methoxy groups -OCH3 is 1. The van der Waals surface area contributed by atoms with Gasteiger partial charge in [-0.1, -0.05) is 23.7 Å². The number of aromatic nitrogens is 1. The number of rotatable bonds is 5. The fourth-order valence-electron chi connectivity index (χ4n) is 3.52. The summed E-state index contributed by atoms with van der Waals surface area (Å²) in [6.45, 7) is 1.23. The Hall–Kier alpha value is -2.58. The fourth-order valence-corrected chi connectivity index (χ4v) is 3.74. The van der Waals surface area contributed by atoms with Crippen LogP contribution in [-0.2, 0) is 4.74 Å². The molecule has 0 radical (unpaired) electrons. The molecule has 3 aromatic rings. The van der Waals surface area contributed by atoms with Gasteiger partial charge in [0.15, 0.2) is 11.6 Å². The van der Waals surface area contributed by atoms with Crippen LogP contribution in [0.3, 0.4) is 0 Å². The molecule has 1 fully saturated rings. The lowest BCUT2D eigenvalue weighted by Crippen LogP contribution is -2.40. The van der Waals surface area contributed by atoms with E-state index in [-0.39, 0.29) is 16.3 Å². The Kier molecular flexibility index (Phi) is 5.02. The minimum Gasteiger partial charge on any atom is -0.492 e. The molecule has 0 bridgehead atoms. The molecule has 2 heterocycles. The van der Waals surface area contributed by atoms with E-state index in [9.17, 15) is 17.6 Å². The predicted octanol–water partition coefficient (Wildman–Crippen LogP) is 5.83. The van der Waals surface area contributed by atoms with Crippen LogP contribution in [0.15, 0.2) is 42.5 Å². The van der Waals surface area contributed by atoms with Gasteiger partial charge < -0.3 is 14.8 Å². The van der Waals surface area contributed by atoms with Gasteiger partial charge in [-0.05, 0) is 37.3 Å². The van der Waals surface area contributed by atoms with Crippen LogP contribution in [0.25, 0.3) is 10.9 Å².